The van der Waals surface area contributed by atoms with Crippen molar-refractivity contribution in [3.8, 4) is 11.5 Å². The maximum Gasteiger partial charge on any atom is 0.573 e. The van der Waals surface area contributed by atoms with Crippen LogP contribution in [0.5, 0.6) is 11.5 Å². The molecule has 1 aromatic rings. The van der Waals surface area contributed by atoms with E-state index >= 15 is 0 Å². The summed E-state index contributed by atoms with van der Waals surface area (Å²) in [5, 5.41) is 0. The van der Waals surface area contributed by atoms with E-state index in [9.17, 15) is 18.0 Å². The molecule has 0 amide bonds. The van der Waals surface area contributed by atoms with E-state index in [1.54, 1.807) is 27.7 Å². The van der Waals surface area contributed by atoms with Crippen molar-refractivity contribution < 1.29 is 46.2 Å². The Labute approximate surface area is 161 Å². The third-order valence-electron chi connectivity index (χ3n) is 4.58. The van der Waals surface area contributed by atoms with Gasteiger partial charge in [-0.1, -0.05) is 0 Å². The molecule has 28 heavy (non-hydrogen) atoms. The van der Waals surface area contributed by atoms with Gasteiger partial charge in [0.2, 0.25) is 0 Å². The summed E-state index contributed by atoms with van der Waals surface area (Å²) in [5.41, 5.74) is -1.68. The quantitative estimate of drug-likeness (QED) is 0.409. The number of hydrogen-bond donors (Lipinski definition) is 0. The molecule has 1 aromatic carbocycles. The lowest BCUT2D eigenvalue weighted by Gasteiger charge is -2.32. The summed E-state index contributed by atoms with van der Waals surface area (Å²) in [6.07, 6.45) is -4.96. The molecule has 0 saturated carbocycles. The van der Waals surface area contributed by atoms with Crippen molar-refractivity contribution in [3.05, 3.63) is 17.7 Å². The first-order valence-electron chi connectivity index (χ1n) is 8.30. The van der Waals surface area contributed by atoms with E-state index < -0.39 is 36.4 Å². The van der Waals surface area contributed by atoms with Crippen LogP contribution >= 0.6 is 0 Å². The van der Waals surface area contributed by atoms with Crippen LogP contribution in [0.3, 0.4) is 0 Å². The summed E-state index contributed by atoms with van der Waals surface area (Å²) >= 11 is 0. The molecule has 1 heterocycles. The maximum atomic E-state index is 12.7. The Balaban J connectivity index is 2.62. The minimum atomic E-state index is -4.96. The molecule has 0 bridgehead atoms. The van der Waals surface area contributed by atoms with Gasteiger partial charge in [-0.15, -0.1) is 13.2 Å². The van der Waals surface area contributed by atoms with Crippen LogP contribution in [0.15, 0.2) is 12.1 Å². The first-order valence-corrected chi connectivity index (χ1v) is 8.30. The molecule has 11 heteroatoms. The Morgan fingerprint density at radius 1 is 1.11 bits per heavy atom. The molecule has 0 spiro atoms. The summed E-state index contributed by atoms with van der Waals surface area (Å²) in [4.78, 5) is 12.3. The molecule has 1 aliphatic heterocycles. The van der Waals surface area contributed by atoms with Crippen LogP contribution in [-0.2, 0) is 18.8 Å². The van der Waals surface area contributed by atoms with Crippen molar-refractivity contribution in [2.24, 2.45) is 0 Å². The lowest BCUT2D eigenvalue weighted by Crippen LogP contribution is -2.41. The summed E-state index contributed by atoms with van der Waals surface area (Å²) in [7, 11) is 1.35. The fraction of sp³-hybridized carbons (Fsp3) is 0.588. The molecule has 1 saturated heterocycles. The van der Waals surface area contributed by atoms with E-state index in [0.717, 1.165) is 19.2 Å². The predicted molar refractivity (Wildman–Crippen MR) is 92.7 cm³/mol. The van der Waals surface area contributed by atoms with E-state index in [-0.39, 0.29) is 23.6 Å². The second kappa shape index (κ2) is 7.80. The summed E-state index contributed by atoms with van der Waals surface area (Å²) < 4.78 is 68.8. The number of carbonyl (C=O) groups excluding carboxylic acids is 1. The summed E-state index contributed by atoms with van der Waals surface area (Å²) in [5.74, 6) is -1.68. The van der Waals surface area contributed by atoms with Gasteiger partial charge in [0.05, 0.1) is 23.9 Å². The van der Waals surface area contributed by atoms with Crippen LogP contribution in [-0.4, -0.2) is 51.7 Å². The number of carbonyl (C=O) groups is 1. The molecule has 1 fully saturated rings. The molecule has 7 nitrogen and oxygen atoms in total. The minimum absolute atomic E-state index is 0.0806. The van der Waals surface area contributed by atoms with Crippen molar-refractivity contribution in [1.29, 1.82) is 0 Å². The zero-order chi connectivity index (χ0) is 21.3. The number of alkyl halides is 3. The van der Waals surface area contributed by atoms with Gasteiger partial charge in [-0.25, -0.2) is 4.79 Å². The highest BCUT2D eigenvalue weighted by atomic mass is 19.4. The van der Waals surface area contributed by atoms with Gasteiger partial charge in [0.25, 0.3) is 0 Å². The summed E-state index contributed by atoms with van der Waals surface area (Å²) in [6.45, 7) is 6.88. The number of esters is 1. The van der Waals surface area contributed by atoms with Crippen molar-refractivity contribution >= 4 is 18.6 Å². The molecule has 0 N–H and O–H groups in total. The number of benzene rings is 1. The predicted octanol–water partition coefficient (Wildman–Crippen LogP) is 2.65. The average molecular weight is 406 g/mol. The van der Waals surface area contributed by atoms with Gasteiger partial charge >= 0.3 is 19.5 Å². The second-order valence-corrected chi connectivity index (χ2v) is 7.06. The van der Waals surface area contributed by atoms with Gasteiger partial charge in [-0.2, -0.15) is 0 Å². The summed E-state index contributed by atoms with van der Waals surface area (Å²) in [6, 6.07) is 1.89. The van der Waals surface area contributed by atoms with Crippen molar-refractivity contribution in [2.75, 3.05) is 21.0 Å². The largest absolute Gasteiger partial charge is 0.573 e. The molecule has 1 aliphatic rings. The van der Waals surface area contributed by atoms with E-state index in [1.807, 2.05) is 0 Å². The van der Waals surface area contributed by atoms with Gasteiger partial charge in [0, 0.05) is 18.6 Å². The van der Waals surface area contributed by atoms with Gasteiger partial charge in [0.1, 0.15) is 11.5 Å². The van der Waals surface area contributed by atoms with E-state index in [4.69, 9.17) is 23.5 Å². The highest BCUT2D eigenvalue weighted by Gasteiger charge is 2.53. The highest BCUT2D eigenvalue weighted by Crippen LogP contribution is 2.38. The molecular weight excluding hydrogens is 384 g/mol. The average Bonchev–Trinajstić information content (AvgIpc) is 2.77. The van der Waals surface area contributed by atoms with E-state index in [1.165, 1.54) is 7.11 Å². The topological polar surface area (TPSA) is 72.5 Å². The molecule has 0 aromatic heterocycles. The molecule has 2 rings (SSSR count). The maximum absolute atomic E-state index is 12.7. The zero-order valence-electron chi connectivity index (χ0n) is 16.4. The molecule has 0 unspecified atom stereocenters. The second-order valence-electron chi connectivity index (χ2n) is 7.06. The number of ether oxygens (including phenoxy) is 4. The van der Waals surface area contributed by atoms with Crippen molar-refractivity contribution in [3.63, 3.8) is 0 Å². The fourth-order valence-corrected chi connectivity index (χ4v) is 2.52. The zero-order valence-corrected chi connectivity index (χ0v) is 16.4. The molecule has 0 atom stereocenters. The lowest BCUT2D eigenvalue weighted by atomic mass is 9.75. The monoisotopic (exact) mass is 406 g/mol. The number of halogens is 3. The van der Waals surface area contributed by atoms with E-state index in [2.05, 4.69) is 4.74 Å². The minimum Gasteiger partial charge on any atom is -0.468 e. The third kappa shape index (κ3) is 4.71. The Kier molecular flexibility index (Phi) is 6.22. The van der Waals surface area contributed by atoms with Crippen LogP contribution in [0.4, 0.5) is 13.2 Å². The van der Waals surface area contributed by atoms with Gasteiger partial charge in [0.15, 0.2) is 6.79 Å². The Morgan fingerprint density at radius 3 is 2.14 bits per heavy atom. The number of hydrogen-bond acceptors (Lipinski definition) is 7. The molecule has 156 valence electrons. The third-order valence-corrected chi connectivity index (χ3v) is 4.58. The smallest absolute Gasteiger partial charge is 0.468 e. The SMILES string of the molecule is COCOc1cc(OC(F)(F)F)cc(C(=O)OC)c1B1OC(C)(C)C(C)(C)O1. The first-order chi connectivity index (χ1) is 12.8. The number of methoxy groups -OCH3 is 2. The highest BCUT2D eigenvalue weighted by molar-refractivity contribution is 6.64. The van der Waals surface area contributed by atoms with Crippen LogP contribution in [0, 0.1) is 0 Å². The standard InChI is InChI=1S/C17H22BF3O7/c1-15(2)16(3,4)28-18(27-15)13-11(14(22)24-6)7-10(26-17(19,20)21)8-12(13)25-9-23-5/h7-8H,9H2,1-6H3. The van der Waals surface area contributed by atoms with E-state index in [0.29, 0.717) is 0 Å². The Hall–Kier alpha value is -1.98. The van der Waals surface area contributed by atoms with Gasteiger partial charge in [-0.3, -0.25) is 0 Å². The normalized spacial score (nSPS) is 18.1. The molecular formula is C17H22BF3O7. The fourth-order valence-electron chi connectivity index (χ4n) is 2.52. The Morgan fingerprint density at radius 2 is 1.68 bits per heavy atom. The first kappa shape index (κ1) is 22.3. The van der Waals surface area contributed by atoms with Crippen LogP contribution in [0.1, 0.15) is 38.1 Å². The van der Waals surface area contributed by atoms with Crippen molar-refractivity contribution in [2.45, 2.75) is 45.3 Å². The Bertz CT molecular complexity index is 718. The lowest BCUT2D eigenvalue weighted by molar-refractivity contribution is -0.274. The van der Waals surface area contributed by atoms with Crippen LogP contribution in [0.25, 0.3) is 0 Å². The van der Waals surface area contributed by atoms with Crippen LogP contribution < -0.4 is 14.9 Å². The van der Waals surface area contributed by atoms with Crippen molar-refractivity contribution in [1.82, 2.24) is 0 Å². The number of rotatable bonds is 6. The van der Waals surface area contributed by atoms with Gasteiger partial charge in [-0.05, 0) is 33.8 Å². The van der Waals surface area contributed by atoms with Crippen LogP contribution in [0.2, 0.25) is 0 Å². The molecule has 0 aliphatic carbocycles. The molecule has 0 radical (unpaired) electrons. The van der Waals surface area contributed by atoms with Gasteiger partial charge < -0.3 is 28.3 Å².